The maximum Gasteiger partial charge on any atom is 0.328 e. The van der Waals surface area contributed by atoms with Crippen LogP contribution in [-0.2, 0) is 13.1 Å². The van der Waals surface area contributed by atoms with E-state index in [9.17, 15) is 14.4 Å². The largest absolute Gasteiger partial charge is 0.454 e. The molecule has 0 bridgehead atoms. The summed E-state index contributed by atoms with van der Waals surface area (Å²) in [5.41, 5.74) is 0.837. The average molecular weight is 395 g/mol. The number of nitrogens with one attached hydrogen (secondary N) is 1. The zero-order valence-electron chi connectivity index (χ0n) is 16.2. The number of carbonyl (C=O) groups is 1. The fourth-order valence-corrected chi connectivity index (χ4v) is 3.44. The minimum absolute atomic E-state index is 0.187. The minimum atomic E-state index is -0.484. The molecule has 0 radical (unpaired) electrons. The summed E-state index contributed by atoms with van der Waals surface area (Å²) in [7, 11) is 0. The normalized spacial score (nSPS) is 12.3. The lowest BCUT2D eigenvalue weighted by molar-refractivity contribution is 0.0752. The number of aromatic amines is 1. The first-order chi connectivity index (χ1) is 14.0. The predicted octanol–water partition coefficient (Wildman–Crippen LogP) is 2.10. The van der Waals surface area contributed by atoms with Gasteiger partial charge in [-0.05, 0) is 49.7 Å². The Hall–Kier alpha value is -3.55. The van der Waals surface area contributed by atoms with Crippen molar-refractivity contribution in [1.82, 2.24) is 14.5 Å². The average Bonchev–Trinajstić information content (AvgIpc) is 3.19. The molecular weight excluding hydrogens is 374 g/mol. The van der Waals surface area contributed by atoms with Crippen LogP contribution in [0.4, 0.5) is 0 Å². The van der Waals surface area contributed by atoms with Gasteiger partial charge >= 0.3 is 5.69 Å². The van der Waals surface area contributed by atoms with Crippen LogP contribution in [0, 0.1) is 0 Å². The second-order valence-electron chi connectivity index (χ2n) is 6.75. The van der Waals surface area contributed by atoms with Crippen LogP contribution < -0.4 is 20.7 Å². The zero-order valence-corrected chi connectivity index (χ0v) is 16.2. The third-order valence-corrected chi connectivity index (χ3v) is 5.02. The molecule has 2 heterocycles. The van der Waals surface area contributed by atoms with Crippen LogP contribution >= 0.6 is 0 Å². The fraction of sp³-hybridized carbons (Fsp3) is 0.286. The number of ether oxygens (including phenoxy) is 2. The van der Waals surface area contributed by atoms with Gasteiger partial charge in [-0.1, -0.05) is 6.07 Å². The van der Waals surface area contributed by atoms with Crippen molar-refractivity contribution in [2.45, 2.75) is 26.9 Å². The van der Waals surface area contributed by atoms with E-state index in [0.29, 0.717) is 41.1 Å². The third kappa shape index (κ3) is 3.37. The van der Waals surface area contributed by atoms with Gasteiger partial charge in [0.05, 0.1) is 10.9 Å². The lowest BCUT2D eigenvalue weighted by Crippen LogP contribution is -2.34. The summed E-state index contributed by atoms with van der Waals surface area (Å²) < 4.78 is 11.8. The summed E-state index contributed by atoms with van der Waals surface area (Å²) >= 11 is 0. The predicted molar refractivity (Wildman–Crippen MR) is 107 cm³/mol. The molecule has 0 fully saturated rings. The van der Waals surface area contributed by atoms with E-state index < -0.39 is 5.69 Å². The van der Waals surface area contributed by atoms with Gasteiger partial charge in [-0.15, -0.1) is 0 Å². The van der Waals surface area contributed by atoms with Crippen LogP contribution in [0.25, 0.3) is 10.9 Å². The van der Waals surface area contributed by atoms with Gasteiger partial charge in [0.1, 0.15) is 0 Å². The summed E-state index contributed by atoms with van der Waals surface area (Å²) in [6, 6.07) is 10.4. The van der Waals surface area contributed by atoms with Gasteiger partial charge in [0, 0.05) is 25.2 Å². The van der Waals surface area contributed by atoms with Gasteiger partial charge in [0.25, 0.3) is 11.5 Å². The summed E-state index contributed by atoms with van der Waals surface area (Å²) in [5.74, 6) is 1.17. The Morgan fingerprint density at radius 1 is 1.10 bits per heavy atom. The molecule has 4 rings (SSSR count). The SMILES string of the molecule is CCN(Cc1ccc2c(c1)OCO2)C(=O)c1ccc2c(=O)n(CC)c(=O)[nH]c2c1. The van der Waals surface area contributed by atoms with Gasteiger partial charge in [-0.2, -0.15) is 0 Å². The van der Waals surface area contributed by atoms with Gasteiger partial charge in [-0.3, -0.25) is 14.2 Å². The Labute approximate surface area is 166 Å². The van der Waals surface area contributed by atoms with E-state index in [2.05, 4.69) is 4.98 Å². The summed E-state index contributed by atoms with van der Waals surface area (Å²) in [6.07, 6.45) is 0. The minimum Gasteiger partial charge on any atom is -0.454 e. The number of rotatable bonds is 5. The molecule has 1 aliphatic rings. The van der Waals surface area contributed by atoms with Crippen LogP contribution in [-0.4, -0.2) is 33.7 Å². The number of H-pyrrole nitrogens is 1. The number of hydrogen-bond donors (Lipinski definition) is 1. The molecule has 1 aromatic heterocycles. The number of hydrogen-bond acceptors (Lipinski definition) is 5. The number of nitrogens with zero attached hydrogens (tertiary/aromatic N) is 2. The second kappa shape index (κ2) is 7.46. The lowest BCUT2D eigenvalue weighted by atomic mass is 10.1. The quantitative estimate of drug-likeness (QED) is 0.714. The standard InChI is InChI=1S/C21H21N3O5/c1-3-23(11-13-5-8-17-18(9-13)29-12-28-17)19(25)14-6-7-15-16(10-14)22-21(27)24(4-2)20(15)26/h5-10H,3-4,11-12H2,1-2H3,(H,22,27). The van der Waals surface area contributed by atoms with E-state index in [1.54, 1.807) is 30.0 Å². The third-order valence-electron chi connectivity index (χ3n) is 5.02. The first-order valence-electron chi connectivity index (χ1n) is 9.46. The highest BCUT2D eigenvalue weighted by Crippen LogP contribution is 2.32. The maximum atomic E-state index is 13.0. The molecule has 8 nitrogen and oxygen atoms in total. The molecule has 150 valence electrons. The van der Waals surface area contributed by atoms with E-state index in [0.717, 1.165) is 10.1 Å². The Bertz CT molecular complexity index is 1210. The summed E-state index contributed by atoms with van der Waals surface area (Å²) in [6.45, 7) is 5.01. The zero-order chi connectivity index (χ0) is 20.5. The maximum absolute atomic E-state index is 13.0. The van der Waals surface area contributed by atoms with Crippen molar-refractivity contribution in [1.29, 1.82) is 0 Å². The van der Waals surface area contributed by atoms with E-state index in [-0.39, 0.29) is 24.8 Å². The lowest BCUT2D eigenvalue weighted by Gasteiger charge is -2.21. The topological polar surface area (TPSA) is 93.6 Å². The molecule has 8 heteroatoms. The molecular formula is C21H21N3O5. The van der Waals surface area contributed by atoms with Crippen LogP contribution in [0.15, 0.2) is 46.0 Å². The molecule has 1 aliphatic heterocycles. The molecule has 29 heavy (non-hydrogen) atoms. The van der Waals surface area contributed by atoms with Gasteiger partial charge in [-0.25, -0.2) is 4.79 Å². The summed E-state index contributed by atoms with van der Waals surface area (Å²) in [4.78, 5) is 41.9. The van der Waals surface area contributed by atoms with Crippen molar-refractivity contribution in [2.75, 3.05) is 13.3 Å². The first kappa shape index (κ1) is 18.8. The van der Waals surface area contributed by atoms with E-state index >= 15 is 0 Å². The first-order valence-corrected chi connectivity index (χ1v) is 9.46. The van der Waals surface area contributed by atoms with Crippen molar-refractivity contribution in [3.05, 3.63) is 68.4 Å². The Morgan fingerprint density at radius 2 is 1.90 bits per heavy atom. The molecule has 1 N–H and O–H groups in total. The van der Waals surface area contributed by atoms with Crippen LogP contribution in [0.5, 0.6) is 11.5 Å². The Balaban J connectivity index is 1.64. The van der Waals surface area contributed by atoms with Crippen LogP contribution in [0.2, 0.25) is 0 Å². The number of aromatic nitrogens is 2. The van der Waals surface area contributed by atoms with Gasteiger partial charge in [0.15, 0.2) is 11.5 Å². The molecule has 0 saturated carbocycles. The monoisotopic (exact) mass is 395 g/mol. The Morgan fingerprint density at radius 3 is 2.66 bits per heavy atom. The van der Waals surface area contributed by atoms with Gasteiger partial charge < -0.3 is 19.4 Å². The molecule has 0 atom stereocenters. The molecule has 2 aromatic carbocycles. The number of carbonyl (C=O) groups excluding carboxylic acids is 1. The fourth-order valence-electron chi connectivity index (χ4n) is 3.44. The molecule has 0 spiro atoms. The molecule has 0 aliphatic carbocycles. The Kier molecular flexibility index (Phi) is 4.84. The second-order valence-corrected chi connectivity index (χ2v) is 6.75. The molecule has 0 unspecified atom stereocenters. The van der Waals surface area contributed by atoms with Crippen LogP contribution in [0.1, 0.15) is 29.8 Å². The molecule has 0 saturated heterocycles. The smallest absolute Gasteiger partial charge is 0.328 e. The van der Waals surface area contributed by atoms with E-state index in [1.807, 2.05) is 25.1 Å². The van der Waals surface area contributed by atoms with E-state index in [1.165, 1.54) is 0 Å². The number of benzene rings is 2. The van der Waals surface area contributed by atoms with Crippen molar-refractivity contribution < 1.29 is 14.3 Å². The van der Waals surface area contributed by atoms with Crippen molar-refractivity contribution in [3.63, 3.8) is 0 Å². The van der Waals surface area contributed by atoms with Crippen molar-refractivity contribution in [2.24, 2.45) is 0 Å². The number of amides is 1. The highest BCUT2D eigenvalue weighted by atomic mass is 16.7. The highest BCUT2D eigenvalue weighted by Gasteiger charge is 2.19. The van der Waals surface area contributed by atoms with Gasteiger partial charge in [0.2, 0.25) is 6.79 Å². The summed E-state index contributed by atoms with van der Waals surface area (Å²) in [5, 5.41) is 0.377. The number of fused-ring (bicyclic) bond motifs is 2. The highest BCUT2D eigenvalue weighted by molar-refractivity contribution is 5.97. The van der Waals surface area contributed by atoms with Crippen molar-refractivity contribution in [3.8, 4) is 11.5 Å². The van der Waals surface area contributed by atoms with Crippen LogP contribution in [0.3, 0.4) is 0 Å². The molecule has 3 aromatic rings. The van der Waals surface area contributed by atoms with E-state index in [4.69, 9.17) is 9.47 Å². The molecule has 1 amide bonds. The van der Waals surface area contributed by atoms with Crippen molar-refractivity contribution >= 4 is 16.8 Å².